The number of carbonyl (C=O) groups excluding carboxylic acids is 1. The van der Waals surface area contributed by atoms with Crippen molar-refractivity contribution in [2.24, 2.45) is 4.99 Å². The maximum Gasteiger partial charge on any atom is 0.413 e. The van der Waals surface area contributed by atoms with Crippen LogP contribution in [-0.2, 0) is 4.74 Å². The van der Waals surface area contributed by atoms with Gasteiger partial charge in [0.2, 0.25) is 5.96 Å². The smallest absolute Gasteiger partial charge is 0.413 e. The summed E-state index contributed by atoms with van der Waals surface area (Å²) >= 11 is 0. The van der Waals surface area contributed by atoms with E-state index in [1.165, 1.54) is 18.2 Å². The average Bonchev–Trinajstić information content (AvgIpc) is 2.74. The topological polar surface area (TPSA) is 94.4 Å². The number of rotatable bonds is 2. The molecule has 0 fully saturated rings. The molecule has 3 N–H and O–H groups in total. The summed E-state index contributed by atoms with van der Waals surface area (Å²) in [7, 11) is 1.74. The molecule has 0 aromatic heterocycles. The molecule has 1 unspecified atom stereocenters. The highest BCUT2D eigenvalue weighted by Gasteiger charge is 2.29. The summed E-state index contributed by atoms with van der Waals surface area (Å²) in [4.78, 5) is 17.3. The molecule has 2 rings (SSSR count). The van der Waals surface area contributed by atoms with Crippen molar-refractivity contribution in [3.05, 3.63) is 23.8 Å². The van der Waals surface area contributed by atoms with E-state index in [0.717, 1.165) is 0 Å². The Morgan fingerprint density at radius 2 is 2.30 bits per heavy atom. The van der Waals surface area contributed by atoms with Crippen molar-refractivity contribution in [1.29, 1.82) is 0 Å². The van der Waals surface area contributed by atoms with Crippen LogP contribution in [0.4, 0.5) is 4.79 Å². The van der Waals surface area contributed by atoms with Crippen molar-refractivity contribution >= 4 is 12.1 Å². The van der Waals surface area contributed by atoms with E-state index < -0.39 is 6.09 Å². The second-order valence-electron chi connectivity index (χ2n) is 4.38. The van der Waals surface area contributed by atoms with Crippen LogP contribution in [0.3, 0.4) is 0 Å². The fourth-order valence-electron chi connectivity index (χ4n) is 2.06. The number of likely N-dealkylation sites (N-methyl/N-ethyl adjacent to an activating group) is 1. The van der Waals surface area contributed by atoms with E-state index in [1.807, 2.05) is 0 Å². The highest BCUT2D eigenvalue weighted by molar-refractivity contribution is 5.95. The Hall–Kier alpha value is -2.44. The van der Waals surface area contributed by atoms with Gasteiger partial charge in [-0.05, 0) is 25.1 Å². The molecule has 0 spiro atoms. The number of nitrogens with one attached hydrogen (secondary N) is 1. The first-order valence-corrected chi connectivity index (χ1v) is 6.26. The van der Waals surface area contributed by atoms with Crippen molar-refractivity contribution in [2.45, 2.75) is 13.0 Å². The molecule has 7 nitrogen and oxygen atoms in total. The normalized spacial score (nSPS) is 17.8. The van der Waals surface area contributed by atoms with Crippen LogP contribution in [0.1, 0.15) is 18.5 Å². The number of hydrogen-bond acceptors (Lipinski definition) is 6. The number of amides is 1. The van der Waals surface area contributed by atoms with Gasteiger partial charge in [0.15, 0.2) is 0 Å². The Labute approximate surface area is 116 Å². The Balaban J connectivity index is 2.11. The van der Waals surface area contributed by atoms with Crippen LogP contribution < -0.4 is 5.32 Å². The minimum atomic E-state index is -0.570. The molecule has 1 amide bonds. The summed E-state index contributed by atoms with van der Waals surface area (Å²) < 4.78 is 4.79. The molecule has 1 aliphatic heterocycles. The third kappa shape index (κ3) is 2.76. The Morgan fingerprint density at radius 3 is 3.00 bits per heavy atom. The van der Waals surface area contributed by atoms with E-state index in [1.54, 1.807) is 18.9 Å². The second kappa shape index (κ2) is 5.68. The minimum absolute atomic E-state index is 0.0676. The molecule has 0 saturated heterocycles. The molecule has 1 atom stereocenters. The highest BCUT2D eigenvalue weighted by atomic mass is 16.5. The lowest BCUT2D eigenvalue weighted by Crippen LogP contribution is -2.40. The van der Waals surface area contributed by atoms with Gasteiger partial charge < -0.3 is 19.8 Å². The zero-order valence-corrected chi connectivity index (χ0v) is 11.3. The summed E-state index contributed by atoms with van der Waals surface area (Å²) in [6, 6.07) is 4.07. The number of phenolic OH excluding ortho intramolecular Hbond substituents is 2. The number of alkyl carbamates (subject to hydrolysis) is 1. The minimum Gasteiger partial charge on any atom is -0.508 e. The van der Waals surface area contributed by atoms with Crippen molar-refractivity contribution in [3.8, 4) is 11.5 Å². The quantitative estimate of drug-likeness (QED) is 0.707. The van der Waals surface area contributed by atoms with E-state index in [0.29, 0.717) is 18.1 Å². The van der Waals surface area contributed by atoms with E-state index >= 15 is 0 Å². The lowest BCUT2D eigenvalue weighted by atomic mass is 10.1. The summed E-state index contributed by atoms with van der Waals surface area (Å²) in [5.41, 5.74) is 0.553. The maximum absolute atomic E-state index is 11.4. The molecule has 7 heteroatoms. The van der Waals surface area contributed by atoms with Gasteiger partial charge >= 0.3 is 6.09 Å². The standard InChI is InChI=1S/C13H17N3O4/c1-3-20-13(19)15-12-14-7-10(16(12)2)9-6-8(17)4-5-11(9)18/h4-6,10,17-18H,3,7H2,1-2H3,(H,14,15,19). The monoisotopic (exact) mass is 279 g/mol. The Kier molecular flexibility index (Phi) is 3.97. The van der Waals surface area contributed by atoms with E-state index in [-0.39, 0.29) is 24.1 Å². The molecule has 1 heterocycles. The van der Waals surface area contributed by atoms with Crippen LogP contribution in [0, 0.1) is 0 Å². The number of ether oxygens (including phenoxy) is 1. The van der Waals surface area contributed by atoms with Gasteiger partial charge in [0.1, 0.15) is 11.5 Å². The zero-order valence-electron chi connectivity index (χ0n) is 11.3. The Bertz CT molecular complexity index is 544. The molecule has 108 valence electrons. The lowest BCUT2D eigenvalue weighted by Gasteiger charge is -2.24. The highest BCUT2D eigenvalue weighted by Crippen LogP contribution is 2.33. The van der Waals surface area contributed by atoms with E-state index in [2.05, 4.69) is 10.3 Å². The SMILES string of the molecule is CCOC(=O)NC1=NCC(c2cc(O)ccc2O)N1C. The van der Waals surface area contributed by atoms with Gasteiger partial charge in [-0.3, -0.25) is 10.3 Å². The molecule has 20 heavy (non-hydrogen) atoms. The van der Waals surface area contributed by atoms with Crippen LogP contribution in [0.5, 0.6) is 11.5 Å². The fourth-order valence-corrected chi connectivity index (χ4v) is 2.06. The van der Waals surface area contributed by atoms with Crippen molar-refractivity contribution in [2.75, 3.05) is 20.2 Å². The Morgan fingerprint density at radius 1 is 1.55 bits per heavy atom. The van der Waals surface area contributed by atoms with E-state index in [9.17, 15) is 15.0 Å². The predicted molar refractivity (Wildman–Crippen MR) is 72.7 cm³/mol. The number of aromatic hydroxyl groups is 2. The first-order valence-electron chi connectivity index (χ1n) is 6.26. The lowest BCUT2D eigenvalue weighted by molar-refractivity contribution is 0.156. The summed E-state index contributed by atoms with van der Waals surface area (Å²) in [5.74, 6) is 0.515. The number of carbonyl (C=O) groups is 1. The second-order valence-corrected chi connectivity index (χ2v) is 4.38. The molecule has 0 bridgehead atoms. The van der Waals surface area contributed by atoms with Crippen LogP contribution >= 0.6 is 0 Å². The summed E-state index contributed by atoms with van der Waals surface area (Å²) in [5, 5.41) is 21.9. The predicted octanol–water partition coefficient (Wildman–Crippen LogP) is 1.19. The van der Waals surface area contributed by atoms with Crippen LogP contribution in [-0.4, -0.2) is 47.4 Å². The van der Waals surface area contributed by atoms with Crippen LogP contribution in [0.15, 0.2) is 23.2 Å². The molecule has 0 aliphatic carbocycles. The van der Waals surface area contributed by atoms with Gasteiger partial charge in [0, 0.05) is 12.6 Å². The number of nitrogens with zero attached hydrogens (tertiary/aromatic N) is 2. The molecule has 0 radical (unpaired) electrons. The van der Waals surface area contributed by atoms with Crippen molar-refractivity contribution in [1.82, 2.24) is 10.2 Å². The number of benzene rings is 1. The number of aliphatic imine (C=N–C) groups is 1. The molecular formula is C13H17N3O4. The van der Waals surface area contributed by atoms with Gasteiger partial charge in [-0.2, -0.15) is 0 Å². The zero-order chi connectivity index (χ0) is 14.7. The maximum atomic E-state index is 11.4. The van der Waals surface area contributed by atoms with Crippen molar-refractivity contribution < 1.29 is 19.7 Å². The van der Waals surface area contributed by atoms with Gasteiger partial charge in [0.25, 0.3) is 0 Å². The van der Waals surface area contributed by atoms with Gasteiger partial charge in [0.05, 0.1) is 19.2 Å². The molecular weight excluding hydrogens is 262 g/mol. The first kappa shape index (κ1) is 14.0. The van der Waals surface area contributed by atoms with E-state index in [4.69, 9.17) is 4.74 Å². The summed E-state index contributed by atoms with van der Waals surface area (Å²) in [6.45, 7) is 2.36. The van der Waals surface area contributed by atoms with Crippen LogP contribution in [0.2, 0.25) is 0 Å². The molecule has 1 aromatic carbocycles. The number of guanidine groups is 1. The number of hydrogen-bond donors (Lipinski definition) is 3. The first-order chi connectivity index (χ1) is 9.52. The average molecular weight is 279 g/mol. The third-order valence-electron chi connectivity index (χ3n) is 3.08. The van der Waals surface area contributed by atoms with Crippen molar-refractivity contribution in [3.63, 3.8) is 0 Å². The summed E-state index contributed by atoms with van der Waals surface area (Å²) in [6.07, 6.45) is -0.570. The van der Waals surface area contributed by atoms with Crippen LogP contribution in [0.25, 0.3) is 0 Å². The fraction of sp³-hybridized carbons (Fsp3) is 0.385. The molecule has 1 aromatic rings. The molecule has 0 saturated carbocycles. The van der Waals surface area contributed by atoms with Gasteiger partial charge in [-0.1, -0.05) is 0 Å². The molecule has 1 aliphatic rings. The van der Waals surface area contributed by atoms with Gasteiger partial charge in [-0.15, -0.1) is 0 Å². The largest absolute Gasteiger partial charge is 0.508 e. The third-order valence-corrected chi connectivity index (χ3v) is 3.08. The number of phenols is 2. The van der Waals surface area contributed by atoms with Gasteiger partial charge in [-0.25, -0.2) is 4.79 Å².